The Morgan fingerprint density at radius 3 is 2.24 bits per heavy atom. The van der Waals surface area contributed by atoms with Crippen molar-refractivity contribution in [3.05, 3.63) is 77.9 Å². The van der Waals surface area contributed by atoms with Crippen molar-refractivity contribution in [1.29, 1.82) is 0 Å². The molecule has 9 nitrogen and oxygen atoms in total. The van der Waals surface area contributed by atoms with Gasteiger partial charge in [-0.05, 0) is 42.0 Å². The summed E-state index contributed by atoms with van der Waals surface area (Å²) >= 11 is 0. The summed E-state index contributed by atoms with van der Waals surface area (Å²) in [5, 5.41) is 6.60. The number of benzene rings is 2. The quantitative estimate of drug-likeness (QED) is 0.609. The molecule has 0 spiro atoms. The molecule has 0 unspecified atom stereocenters. The summed E-state index contributed by atoms with van der Waals surface area (Å²) in [5.41, 5.74) is 2.11. The molecule has 0 bridgehead atoms. The second-order valence-electron chi connectivity index (χ2n) is 5.98. The minimum atomic E-state index is -0.603. The molecule has 0 saturated heterocycles. The third-order valence-electron chi connectivity index (χ3n) is 3.92. The summed E-state index contributed by atoms with van der Waals surface area (Å²) < 4.78 is 11.3. The molecular weight excluding hydrogens is 376 g/mol. The van der Waals surface area contributed by atoms with E-state index in [2.05, 4.69) is 20.1 Å². The van der Waals surface area contributed by atoms with Crippen molar-refractivity contribution in [2.75, 3.05) is 19.0 Å². The highest BCUT2D eigenvalue weighted by Gasteiger charge is 2.11. The fourth-order valence-electron chi connectivity index (χ4n) is 2.47. The van der Waals surface area contributed by atoms with Crippen LogP contribution < -0.4 is 5.32 Å². The van der Waals surface area contributed by atoms with Gasteiger partial charge in [-0.3, -0.25) is 4.79 Å². The van der Waals surface area contributed by atoms with Crippen LogP contribution in [-0.2, 0) is 20.8 Å². The Kier molecular flexibility index (Phi) is 6.31. The molecule has 1 N–H and O–H groups in total. The Morgan fingerprint density at radius 2 is 1.62 bits per heavy atom. The molecule has 0 aliphatic heterocycles. The van der Waals surface area contributed by atoms with Gasteiger partial charge in [0.1, 0.15) is 12.7 Å². The number of amides is 1. The third-order valence-corrected chi connectivity index (χ3v) is 3.92. The molecule has 0 radical (unpaired) electrons. The summed E-state index contributed by atoms with van der Waals surface area (Å²) in [6, 6.07) is 13.0. The van der Waals surface area contributed by atoms with Gasteiger partial charge in [-0.1, -0.05) is 12.1 Å². The number of nitrogens with one attached hydrogen (secondary N) is 1. The highest BCUT2D eigenvalue weighted by molar-refractivity contribution is 5.96. The summed E-state index contributed by atoms with van der Waals surface area (Å²) in [4.78, 5) is 39.3. The zero-order chi connectivity index (χ0) is 20.6. The number of aromatic nitrogens is 3. The van der Waals surface area contributed by atoms with Gasteiger partial charge in [-0.25, -0.2) is 19.3 Å². The Balaban J connectivity index is 1.48. The predicted molar refractivity (Wildman–Crippen MR) is 102 cm³/mol. The van der Waals surface area contributed by atoms with Crippen LogP contribution in [0.4, 0.5) is 5.69 Å². The van der Waals surface area contributed by atoms with E-state index in [-0.39, 0.29) is 0 Å². The molecule has 3 aromatic rings. The average Bonchev–Trinajstić information content (AvgIpc) is 3.25. The Hall–Kier alpha value is -4.01. The SMILES string of the molecule is COC(=O)c1ccc(NC(=O)COC(=O)c2ccc(Cn3cncn3)cc2)cc1. The highest BCUT2D eigenvalue weighted by Crippen LogP contribution is 2.11. The molecule has 0 fully saturated rings. The maximum absolute atomic E-state index is 12.1. The van der Waals surface area contributed by atoms with Crippen LogP contribution in [-0.4, -0.2) is 46.3 Å². The number of hydrogen-bond acceptors (Lipinski definition) is 7. The lowest BCUT2D eigenvalue weighted by atomic mass is 10.1. The second kappa shape index (κ2) is 9.27. The molecule has 1 aromatic heterocycles. The topological polar surface area (TPSA) is 112 Å². The van der Waals surface area contributed by atoms with E-state index in [9.17, 15) is 14.4 Å². The molecule has 1 amide bonds. The van der Waals surface area contributed by atoms with E-state index >= 15 is 0 Å². The van der Waals surface area contributed by atoms with Gasteiger partial charge in [0.05, 0.1) is 24.8 Å². The van der Waals surface area contributed by atoms with Gasteiger partial charge < -0.3 is 14.8 Å². The molecule has 148 valence electrons. The van der Waals surface area contributed by atoms with Gasteiger partial charge >= 0.3 is 11.9 Å². The van der Waals surface area contributed by atoms with Crippen LogP contribution in [0, 0.1) is 0 Å². The van der Waals surface area contributed by atoms with Crippen LogP contribution in [0.2, 0.25) is 0 Å². The van der Waals surface area contributed by atoms with Gasteiger partial charge in [0.15, 0.2) is 6.61 Å². The summed E-state index contributed by atoms with van der Waals surface area (Å²) in [6.07, 6.45) is 3.05. The number of nitrogens with zero attached hydrogens (tertiary/aromatic N) is 3. The molecule has 0 atom stereocenters. The Labute approximate surface area is 166 Å². The number of methoxy groups -OCH3 is 1. The maximum Gasteiger partial charge on any atom is 0.338 e. The first-order valence-electron chi connectivity index (χ1n) is 8.62. The van der Waals surface area contributed by atoms with Crippen LogP contribution >= 0.6 is 0 Å². The third kappa shape index (κ3) is 5.48. The lowest BCUT2D eigenvalue weighted by molar-refractivity contribution is -0.119. The monoisotopic (exact) mass is 394 g/mol. The predicted octanol–water partition coefficient (Wildman–Crippen LogP) is 1.91. The van der Waals surface area contributed by atoms with Crippen molar-refractivity contribution in [1.82, 2.24) is 14.8 Å². The first-order valence-corrected chi connectivity index (χ1v) is 8.62. The summed E-state index contributed by atoms with van der Waals surface area (Å²) in [7, 11) is 1.29. The van der Waals surface area contributed by atoms with Crippen molar-refractivity contribution >= 4 is 23.5 Å². The molecule has 0 aliphatic carbocycles. The van der Waals surface area contributed by atoms with E-state index in [1.807, 2.05) is 0 Å². The van der Waals surface area contributed by atoms with E-state index < -0.39 is 24.5 Å². The van der Waals surface area contributed by atoms with Crippen LogP contribution in [0.15, 0.2) is 61.2 Å². The van der Waals surface area contributed by atoms with E-state index in [1.165, 1.54) is 25.6 Å². The summed E-state index contributed by atoms with van der Waals surface area (Å²) in [5.74, 6) is -1.57. The summed E-state index contributed by atoms with van der Waals surface area (Å²) in [6.45, 7) is 0.102. The molecule has 3 rings (SSSR count). The van der Waals surface area contributed by atoms with Crippen LogP contribution in [0.3, 0.4) is 0 Å². The van der Waals surface area contributed by atoms with E-state index in [1.54, 1.807) is 47.4 Å². The van der Waals surface area contributed by atoms with Crippen molar-refractivity contribution in [3.8, 4) is 0 Å². The van der Waals surface area contributed by atoms with Gasteiger partial charge in [-0.15, -0.1) is 0 Å². The average molecular weight is 394 g/mol. The smallest absolute Gasteiger partial charge is 0.338 e. The molecule has 0 saturated carbocycles. The second-order valence-corrected chi connectivity index (χ2v) is 5.98. The van der Waals surface area contributed by atoms with E-state index in [0.29, 0.717) is 23.4 Å². The van der Waals surface area contributed by atoms with Crippen LogP contribution in [0.5, 0.6) is 0 Å². The fraction of sp³-hybridized carbons (Fsp3) is 0.150. The molecule has 1 heterocycles. The first kappa shape index (κ1) is 19.7. The van der Waals surface area contributed by atoms with Crippen molar-refractivity contribution < 1.29 is 23.9 Å². The van der Waals surface area contributed by atoms with Crippen LogP contribution in [0.1, 0.15) is 26.3 Å². The Morgan fingerprint density at radius 1 is 0.966 bits per heavy atom. The molecular formula is C20H18N4O5. The van der Waals surface area contributed by atoms with Gasteiger partial charge in [-0.2, -0.15) is 5.10 Å². The maximum atomic E-state index is 12.1. The largest absolute Gasteiger partial charge is 0.465 e. The number of ether oxygens (including phenoxy) is 2. The number of esters is 2. The number of carbonyl (C=O) groups excluding carboxylic acids is 3. The zero-order valence-corrected chi connectivity index (χ0v) is 15.6. The molecule has 29 heavy (non-hydrogen) atoms. The van der Waals surface area contributed by atoms with Crippen molar-refractivity contribution in [2.24, 2.45) is 0 Å². The molecule has 0 aliphatic rings. The van der Waals surface area contributed by atoms with E-state index in [4.69, 9.17) is 4.74 Å². The normalized spacial score (nSPS) is 10.2. The fourth-order valence-corrected chi connectivity index (χ4v) is 2.47. The zero-order valence-electron chi connectivity index (χ0n) is 15.6. The number of anilines is 1. The van der Waals surface area contributed by atoms with Gasteiger partial charge in [0.25, 0.3) is 5.91 Å². The number of rotatable bonds is 7. The molecule has 9 heteroatoms. The van der Waals surface area contributed by atoms with E-state index in [0.717, 1.165) is 5.56 Å². The number of carbonyl (C=O) groups is 3. The highest BCUT2D eigenvalue weighted by atomic mass is 16.5. The van der Waals surface area contributed by atoms with Crippen molar-refractivity contribution in [3.63, 3.8) is 0 Å². The lowest BCUT2D eigenvalue weighted by Gasteiger charge is -2.08. The minimum Gasteiger partial charge on any atom is -0.465 e. The van der Waals surface area contributed by atoms with Gasteiger partial charge in [0.2, 0.25) is 0 Å². The lowest BCUT2D eigenvalue weighted by Crippen LogP contribution is -2.21. The first-order chi connectivity index (χ1) is 14.0. The van der Waals surface area contributed by atoms with Crippen LogP contribution in [0.25, 0.3) is 0 Å². The van der Waals surface area contributed by atoms with Crippen molar-refractivity contribution in [2.45, 2.75) is 6.54 Å². The molecule has 2 aromatic carbocycles. The van der Waals surface area contributed by atoms with Gasteiger partial charge in [0, 0.05) is 5.69 Å². The Bertz CT molecular complexity index is 983. The number of hydrogen-bond donors (Lipinski definition) is 1. The minimum absolute atomic E-state index is 0.336. The standard InChI is InChI=1S/C20H18N4O5/c1-28-19(26)15-6-8-17(9-7-15)23-18(25)11-29-20(27)16-4-2-14(3-5-16)10-24-13-21-12-22-24/h2-9,12-13H,10-11H2,1H3,(H,23,25).